The van der Waals surface area contributed by atoms with E-state index < -0.39 is 17.4 Å². The van der Waals surface area contributed by atoms with E-state index in [1.54, 1.807) is 0 Å². The third-order valence-corrected chi connectivity index (χ3v) is 4.43. The van der Waals surface area contributed by atoms with Gasteiger partial charge in [-0.2, -0.15) is 5.10 Å². The molecule has 7 heteroatoms. The molecule has 0 atom stereocenters. The first-order valence-corrected chi connectivity index (χ1v) is 9.23. The molecule has 0 saturated heterocycles. The van der Waals surface area contributed by atoms with Gasteiger partial charge in [0.25, 0.3) is 0 Å². The quantitative estimate of drug-likeness (QED) is 0.419. The first kappa shape index (κ1) is 19.4. The van der Waals surface area contributed by atoms with Gasteiger partial charge in [0.2, 0.25) is 0 Å². The Kier molecular flexibility index (Phi) is 5.61. The van der Waals surface area contributed by atoms with Crippen molar-refractivity contribution in [1.29, 1.82) is 0 Å². The van der Waals surface area contributed by atoms with Crippen LogP contribution in [0.15, 0.2) is 79.1 Å². The third kappa shape index (κ3) is 4.57. The van der Waals surface area contributed by atoms with Crippen molar-refractivity contribution >= 4 is 5.78 Å². The van der Waals surface area contributed by atoms with Crippen LogP contribution in [0.1, 0.15) is 15.9 Å². The lowest BCUT2D eigenvalue weighted by Gasteiger charge is -2.06. The van der Waals surface area contributed by atoms with E-state index in [9.17, 15) is 13.6 Å². The Bertz CT molecular complexity index is 1160. The number of hydrogen-bond acceptors (Lipinski definition) is 4. The van der Waals surface area contributed by atoms with Crippen molar-refractivity contribution in [2.24, 2.45) is 0 Å². The van der Waals surface area contributed by atoms with Gasteiger partial charge < -0.3 is 4.74 Å². The Morgan fingerprint density at radius 3 is 2.47 bits per heavy atom. The molecule has 30 heavy (non-hydrogen) atoms. The molecule has 0 spiro atoms. The molecular formula is C23H17F2N3O2. The van der Waals surface area contributed by atoms with Gasteiger partial charge in [-0.25, -0.2) is 18.4 Å². The molecule has 0 aliphatic carbocycles. The molecule has 4 aromatic rings. The Balaban J connectivity index is 1.40. The van der Waals surface area contributed by atoms with Crippen LogP contribution < -0.4 is 4.74 Å². The van der Waals surface area contributed by atoms with Gasteiger partial charge in [0.15, 0.2) is 11.6 Å². The van der Waals surface area contributed by atoms with Gasteiger partial charge in [-0.05, 0) is 42.0 Å². The Morgan fingerprint density at radius 1 is 0.967 bits per heavy atom. The molecule has 3 aromatic carbocycles. The number of halogens is 2. The number of Topliss-reactive ketones (excluding diaryl/α,β-unsaturated/α-hetero) is 1. The summed E-state index contributed by atoms with van der Waals surface area (Å²) in [5.74, 6) is -1.01. The van der Waals surface area contributed by atoms with Crippen LogP contribution in [0.2, 0.25) is 0 Å². The summed E-state index contributed by atoms with van der Waals surface area (Å²) in [6.07, 6.45) is 1.40. The molecule has 150 valence electrons. The Hall–Kier alpha value is -3.87. The fourth-order valence-electron chi connectivity index (χ4n) is 2.89. The molecule has 1 aromatic heterocycles. The molecule has 1 heterocycles. The van der Waals surface area contributed by atoms with E-state index in [2.05, 4.69) is 10.1 Å². The van der Waals surface area contributed by atoms with Crippen LogP contribution in [0.3, 0.4) is 0 Å². The molecule has 0 saturated carbocycles. The molecule has 0 unspecified atom stereocenters. The highest BCUT2D eigenvalue weighted by Gasteiger charge is 2.14. The average molecular weight is 405 g/mol. The first-order chi connectivity index (χ1) is 14.6. The van der Waals surface area contributed by atoms with E-state index in [0.717, 1.165) is 23.3 Å². The standard InChI is InChI=1S/C23H17F2N3O2/c24-18-8-11-20(21(25)12-18)22(29)13-28-15-26-23(27-28)17-6-9-19(10-7-17)30-14-16-4-2-1-3-5-16/h1-12,15H,13-14H2. The largest absolute Gasteiger partial charge is 0.489 e. The van der Waals surface area contributed by atoms with Crippen LogP contribution in [-0.4, -0.2) is 20.5 Å². The topological polar surface area (TPSA) is 57.0 Å². The Morgan fingerprint density at radius 2 is 1.73 bits per heavy atom. The summed E-state index contributed by atoms with van der Waals surface area (Å²) in [6.45, 7) is 0.267. The summed E-state index contributed by atoms with van der Waals surface area (Å²) < 4.78 is 33.8. The fourth-order valence-corrected chi connectivity index (χ4v) is 2.89. The fraction of sp³-hybridized carbons (Fsp3) is 0.0870. The lowest BCUT2D eigenvalue weighted by Crippen LogP contribution is -2.12. The first-order valence-electron chi connectivity index (χ1n) is 9.23. The number of hydrogen-bond donors (Lipinski definition) is 0. The van der Waals surface area contributed by atoms with Gasteiger partial charge in [-0.15, -0.1) is 0 Å². The molecule has 0 aliphatic rings. The maximum Gasteiger partial charge on any atom is 0.187 e. The maximum absolute atomic E-state index is 13.8. The van der Waals surface area contributed by atoms with Gasteiger partial charge in [0, 0.05) is 11.6 Å². The normalized spacial score (nSPS) is 10.7. The lowest BCUT2D eigenvalue weighted by molar-refractivity contribution is 0.0963. The van der Waals surface area contributed by atoms with Crippen molar-refractivity contribution in [2.75, 3.05) is 0 Å². The number of ether oxygens (including phenoxy) is 1. The SMILES string of the molecule is O=C(Cn1cnc(-c2ccc(OCc3ccccc3)cc2)n1)c1ccc(F)cc1F. The molecule has 0 fully saturated rings. The van der Waals surface area contributed by atoms with Crippen LogP contribution in [0.4, 0.5) is 8.78 Å². The zero-order valence-corrected chi connectivity index (χ0v) is 15.8. The van der Waals surface area contributed by atoms with Gasteiger partial charge in [-0.3, -0.25) is 4.79 Å². The predicted octanol–water partition coefficient (Wildman–Crippen LogP) is 4.69. The van der Waals surface area contributed by atoms with E-state index in [1.807, 2.05) is 54.6 Å². The van der Waals surface area contributed by atoms with Crippen LogP contribution in [0, 0.1) is 11.6 Å². The van der Waals surface area contributed by atoms with E-state index in [0.29, 0.717) is 24.2 Å². The summed E-state index contributed by atoms with van der Waals surface area (Å²) in [6, 6.07) is 20.0. The summed E-state index contributed by atoms with van der Waals surface area (Å²) in [5.41, 5.74) is 1.64. The number of nitrogens with zero attached hydrogens (tertiary/aromatic N) is 3. The van der Waals surface area contributed by atoms with Crippen LogP contribution in [0.25, 0.3) is 11.4 Å². The molecule has 0 N–H and O–H groups in total. The predicted molar refractivity (Wildman–Crippen MR) is 107 cm³/mol. The third-order valence-electron chi connectivity index (χ3n) is 4.43. The monoisotopic (exact) mass is 405 g/mol. The second-order valence-corrected chi connectivity index (χ2v) is 6.61. The highest BCUT2D eigenvalue weighted by molar-refractivity contribution is 5.96. The lowest BCUT2D eigenvalue weighted by atomic mass is 10.1. The van der Waals surface area contributed by atoms with E-state index in [4.69, 9.17) is 4.74 Å². The van der Waals surface area contributed by atoms with Crippen molar-refractivity contribution in [3.63, 3.8) is 0 Å². The van der Waals surface area contributed by atoms with Gasteiger partial charge in [0.05, 0.1) is 5.56 Å². The van der Waals surface area contributed by atoms with E-state index >= 15 is 0 Å². The minimum Gasteiger partial charge on any atom is -0.489 e. The Labute approximate surface area is 171 Å². The van der Waals surface area contributed by atoms with Gasteiger partial charge >= 0.3 is 0 Å². The number of benzene rings is 3. The van der Waals surface area contributed by atoms with Crippen molar-refractivity contribution in [2.45, 2.75) is 13.2 Å². The van der Waals surface area contributed by atoms with E-state index in [-0.39, 0.29) is 12.1 Å². The number of carbonyl (C=O) groups is 1. The summed E-state index contributed by atoms with van der Waals surface area (Å²) in [4.78, 5) is 16.5. The summed E-state index contributed by atoms with van der Waals surface area (Å²) in [7, 11) is 0. The summed E-state index contributed by atoms with van der Waals surface area (Å²) in [5, 5.41) is 4.26. The number of ketones is 1. The molecule has 0 amide bonds. The van der Waals surface area contributed by atoms with Crippen molar-refractivity contribution in [3.8, 4) is 17.1 Å². The highest BCUT2D eigenvalue weighted by Crippen LogP contribution is 2.20. The second-order valence-electron chi connectivity index (χ2n) is 6.61. The van der Waals surface area contributed by atoms with Crippen molar-refractivity contribution < 1.29 is 18.3 Å². The zero-order valence-electron chi connectivity index (χ0n) is 15.8. The highest BCUT2D eigenvalue weighted by atomic mass is 19.1. The van der Waals surface area contributed by atoms with Crippen LogP contribution in [0.5, 0.6) is 5.75 Å². The van der Waals surface area contributed by atoms with Crippen LogP contribution >= 0.6 is 0 Å². The molecule has 5 nitrogen and oxygen atoms in total. The van der Waals surface area contributed by atoms with Gasteiger partial charge in [0.1, 0.15) is 36.9 Å². The summed E-state index contributed by atoms with van der Waals surface area (Å²) >= 11 is 0. The average Bonchev–Trinajstić information content (AvgIpc) is 3.21. The molecule has 0 bridgehead atoms. The molecule has 0 radical (unpaired) electrons. The number of aromatic nitrogens is 3. The minimum absolute atomic E-state index is 0.187. The number of rotatable bonds is 7. The van der Waals surface area contributed by atoms with Crippen molar-refractivity contribution in [3.05, 3.63) is 102 Å². The molecule has 0 aliphatic heterocycles. The number of carbonyl (C=O) groups excluding carboxylic acids is 1. The van der Waals surface area contributed by atoms with Gasteiger partial charge in [-0.1, -0.05) is 30.3 Å². The smallest absolute Gasteiger partial charge is 0.187 e. The van der Waals surface area contributed by atoms with Crippen molar-refractivity contribution in [1.82, 2.24) is 14.8 Å². The second kappa shape index (κ2) is 8.65. The van der Waals surface area contributed by atoms with E-state index in [1.165, 1.54) is 11.0 Å². The van der Waals surface area contributed by atoms with Crippen LogP contribution in [-0.2, 0) is 13.2 Å². The zero-order chi connectivity index (χ0) is 20.9. The maximum atomic E-state index is 13.8. The molecule has 4 rings (SSSR count). The molecular weight excluding hydrogens is 388 g/mol. The minimum atomic E-state index is -0.897.